The number of carbonyl (C=O) groups is 6. The second-order valence-corrected chi connectivity index (χ2v) is 9.60. The maximum absolute atomic E-state index is 13.0. The topological polar surface area (TPSA) is 237 Å². The summed E-state index contributed by atoms with van der Waals surface area (Å²) in [7, 11) is 0. The summed E-state index contributed by atoms with van der Waals surface area (Å²) < 4.78 is 0. The van der Waals surface area contributed by atoms with Crippen molar-refractivity contribution in [3.63, 3.8) is 0 Å². The van der Waals surface area contributed by atoms with Gasteiger partial charge in [-0.15, -0.1) is 0 Å². The van der Waals surface area contributed by atoms with Crippen LogP contribution in [0.25, 0.3) is 0 Å². The molecule has 0 saturated heterocycles. The number of amides is 4. The molecular weight excluding hydrogens is 530 g/mol. The summed E-state index contributed by atoms with van der Waals surface area (Å²) in [4.78, 5) is 73.4. The predicted molar refractivity (Wildman–Crippen MR) is 139 cm³/mol. The minimum Gasteiger partial charge on any atom is -0.481 e. The molecule has 0 radical (unpaired) electrons. The average Bonchev–Trinajstić information content (AvgIpc) is 2.85. The number of carbonyl (C=O) groups excluding carboxylic acids is 4. The van der Waals surface area contributed by atoms with Gasteiger partial charge in [-0.25, -0.2) is 4.79 Å². The fourth-order valence-corrected chi connectivity index (χ4v) is 3.64. The first kappa shape index (κ1) is 34.4. The lowest BCUT2D eigenvalue weighted by atomic mass is 9.97. The van der Waals surface area contributed by atoms with Crippen molar-refractivity contribution in [2.75, 3.05) is 24.4 Å². The van der Waals surface area contributed by atoms with Crippen LogP contribution in [-0.2, 0) is 28.8 Å². The molecule has 0 aliphatic rings. The van der Waals surface area contributed by atoms with Crippen molar-refractivity contribution in [2.45, 2.75) is 63.3 Å². The Labute approximate surface area is 224 Å². The lowest BCUT2D eigenvalue weighted by Crippen LogP contribution is -2.60. The molecule has 9 N–H and O–H groups in total. The van der Waals surface area contributed by atoms with E-state index in [-0.39, 0.29) is 12.2 Å². The largest absolute Gasteiger partial charge is 0.481 e. The minimum atomic E-state index is -1.62. The zero-order valence-corrected chi connectivity index (χ0v) is 22.6. The number of nitrogens with two attached hydrogens (primary N) is 1. The lowest BCUT2D eigenvalue weighted by molar-refractivity contribution is -0.143. The summed E-state index contributed by atoms with van der Waals surface area (Å²) in [5.74, 6) is -6.47. The second kappa shape index (κ2) is 17.8. The van der Waals surface area contributed by atoms with Gasteiger partial charge in [0.05, 0.1) is 13.0 Å². The SMILES string of the molecule is CC[C@H](C)[C@H](NC(=O)[C@@H](N)CO)C(=O)N[C@@H](CC(=O)O)C(=O)N[C@@H](CCSC)C(=O)N[C@@H](CS)C(=O)O. The Morgan fingerprint density at radius 2 is 1.43 bits per heavy atom. The van der Waals surface area contributed by atoms with Gasteiger partial charge in [0, 0.05) is 5.75 Å². The van der Waals surface area contributed by atoms with Crippen molar-refractivity contribution in [3.8, 4) is 0 Å². The van der Waals surface area contributed by atoms with Crippen LogP contribution in [0.3, 0.4) is 0 Å². The molecule has 6 atom stereocenters. The molecular formula is C21H37N5O9S2. The molecule has 0 bridgehead atoms. The molecule has 0 unspecified atom stereocenters. The van der Waals surface area contributed by atoms with Gasteiger partial charge in [0.15, 0.2) is 0 Å². The van der Waals surface area contributed by atoms with Crippen molar-refractivity contribution in [2.24, 2.45) is 11.7 Å². The number of rotatable bonds is 18. The van der Waals surface area contributed by atoms with Crippen molar-refractivity contribution in [1.29, 1.82) is 0 Å². The molecule has 0 saturated carbocycles. The van der Waals surface area contributed by atoms with Crippen LogP contribution in [0.4, 0.5) is 0 Å². The summed E-state index contributed by atoms with van der Waals surface area (Å²) in [6.45, 7) is 2.72. The fourth-order valence-electron chi connectivity index (χ4n) is 2.93. The van der Waals surface area contributed by atoms with Gasteiger partial charge in [-0.1, -0.05) is 20.3 Å². The third-order valence-corrected chi connectivity index (χ3v) is 6.39. The number of nitrogens with one attached hydrogen (secondary N) is 4. The Bertz CT molecular complexity index is 817. The van der Waals surface area contributed by atoms with Gasteiger partial charge < -0.3 is 42.3 Å². The number of hydrogen-bond acceptors (Lipinski definition) is 10. The quantitative estimate of drug-likeness (QED) is 0.0787. The molecule has 0 rings (SSSR count). The van der Waals surface area contributed by atoms with Crippen LogP contribution in [0.1, 0.15) is 33.1 Å². The zero-order chi connectivity index (χ0) is 28.7. The molecule has 4 amide bonds. The standard InChI is InChI=1S/C21H37N5O9S2/c1-4-10(2)16(26-17(30)11(22)8-27)20(33)24-13(7-15(28)29)19(32)23-12(5-6-37-3)18(31)25-14(9-36)21(34)35/h10-14,16,27,36H,4-9,22H2,1-3H3,(H,23,32)(H,24,33)(H,25,31)(H,26,30)(H,28,29)(H,34,35)/t10-,11-,12-,13-,14-,16-/m0/s1. The normalized spacial score (nSPS) is 15.7. The van der Waals surface area contributed by atoms with Gasteiger partial charge >= 0.3 is 11.9 Å². The Balaban J connectivity index is 5.78. The van der Waals surface area contributed by atoms with Gasteiger partial charge in [-0.3, -0.25) is 24.0 Å². The summed E-state index contributed by atoms with van der Waals surface area (Å²) in [5, 5.41) is 36.9. The van der Waals surface area contributed by atoms with Gasteiger partial charge in [-0.2, -0.15) is 24.4 Å². The minimum absolute atomic E-state index is 0.0932. The third-order valence-electron chi connectivity index (χ3n) is 5.38. The summed E-state index contributed by atoms with van der Waals surface area (Å²) in [5.41, 5.74) is 5.49. The van der Waals surface area contributed by atoms with E-state index in [9.17, 15) is 33.9 Å². The summed E-state index contributed by atoms with van der Waals surface area (Å²) >= 11 is 5.24. The number of aliphatic hydroxyl groups excluding tert-OH is 1. The molecule has 212 valence electrons. The number of hydrogen-bond donors (Lipinski definition) is 9. The number of thiol groups is 1. The number of thioether (sulfide) groups is 1. The number of aliphatic carboxylic acids is 2. The lowest BCUT2D eigenvalue weighted by Gasteiger charge is -2.28. The van der Waals surface area contributed by atoms with Gasteiger partial charge in [0.25, 0.3) is 0 Å². The third kappa shape index (κ3) is 12.5. The Morgan fingerprint density at radius 3 is 1.89 bits per heavy atom. The average molecular weight is 568 g/mol. The van der Waals surface area contributed by atoms with E-state index in [1.54, 1.807) is 20.1 Å². The van der Waals surface area contributed by atoms with E-state index in [0.717, 1.165) is 0 Å². The van der Waals surface area contributed by atoms with Crippen LogP contribution in [0.5, 0.6) is 0 Å². The molecule has 0 aliphatic carbocycles. The van der Waals surface area contributed by atoms with Crippen LogP contribution < -0.4 is 27.0 Å². The molecule has 14 nitrogen and oxygen atoms in total. The van der Waals surface area contributed by atoms with E-state index >= 15 is 0 Å². The molecule has 0 spiro atoms. The highest BCUT2D eigenvalue weighted by atomic mass is 32.2. The van der Waals surface area contributed by atoms with E-state index in [4.69, 9.17) is 15.9 Å². The van der Waals surface area contributed by atoms with Crippen LogP contribution in [-0.4, -0.2) is 105 Å². The maximum atomic E-state index is 13.0. The molecule has 0 fully saturated rings. The molecule has 0 aromatic carbocycles. The monoisotopic (exact) mass is 567 g/mol. The molecule has 16 heteroatoms. The van der Waals surface area contributed by atoms with Crippen molar-refractivity contribution in [3.05, 3.63) is 0 Å². The number of carboxylic acid groups (broad SMARTS) is 2. The van der Waals surface area contributed by atoms with Crippen LogP contribution in [0, 0.1) is 5.92 Å². The van der Waals surface area contributed by atoms with Crippen LogP contribution in [0.2, 0.25) is 0 Å². The first-order valence-corrected chi connectivity index (χ1v) is 13.5. The highest BCUT2D eigenvalue weighted by Gasteiger charge is 2.34. The van der Waals surface area contributed by atoms with E-state index in [1.165, 1.54) is 11.8 Å². The highest BCUT2D eigenvalue weighted by molar-refractivity contribution is 7.98. The smallest absolute Gasteiger partial charge is 0.327 e. The zero-order valence-electron chi connectivity index (χ0n) is 20.9. The molecule has 0 aliphatic heterocycles. The van der Waals surface area contributed by atoms with E-state index in [1.807, 2.05) is 0 Å². The molecule has 0 heterocycles. The first-order chi connectivity index (χ1) is 17.3. The van der Waals surface area contributed by atoms with Gasteiger partial charge in [-0.05, 0) is 24.3 Å². The van der Waals surface area contributed by atoms with Crippen LogP contribution >= 0.6 is 24.4 Å². The van der Waals surface area contributed by atoms with E-state index in [0.29, 0.717) is 12.2 Å². The Kier molecular flexibility index (Phi) is 16.6. The van der Waals surface area contributed by atoms with Crippen molar-refractivity contribution < 1.29 is 44.1 Å². The summed E-state index contributed by atoms with van der Waals surface area (Å²) in [6.07, 6.45) is 1.44. The van der Waals surface area contributed by atoms with Crippen LogP contribution in [0.15, 0.2) is 0 Å². The summed E-state index contributed by atoms with van der Waals surface area (Å²) in [6, 6.07) is -6.64. The maximum Gasteiger partial charge on any atom is 0.327 e. The number of carboxylic acids is 2. The van der Waals surface area contributed by atoms with Crippen molar-refractivity contribution in [1.82, 2.24) is 21.3 Å². The molecule has 37 heavy (non-hydrogen) atoms. The van der Waals surface area contributed by atoms with E-state index in [2.05, 4.69) is 33.9 Å². The Hall–Kier alpha value is -2.56. The Morgan fingerprint density at radius 1 is 0.892 bits per heavy atom. The predicted octanol–water partition coefficient (Wildman–Crippen LogP) is -2.47. The van der Waals surface area contributed by atoms with E-state index < -0.39 is 84.7 Å². The highest BCUT2D eigenvalue weighted by Crippen LogP contribution is 2.10. The fraction of sp³-hybridized carbons (Fsp3) is 0.714. The van der Waals surface area contributed by atoms with Crippen molar-refractivity contribution >= 4 is 60.0 Å². The molecule has 0 aromatic heterocycles. The van der Waals surface area contributed by atoms with Gasteiger partial charge in [0.2, 0.25) is 23.6 Å². The first-order valence-electron chi connectivity index (χ1n) is 11.4. The number of aliphatic hydroxyl groups is 1. The molecule has 0 aromatic rings. The second-order valence-electron chi connectivity index (χ2n) is 8.24. The van der Waals surface area contributed by atoms with Gasteiger partial charge in [0.1, 0.15) is 30.2 Å².